The molecule has 0 spiro atoms. The Morgan fingerprint density at radius 2 is 2.15 bits per heavy atom. The number of allylic oxidation sites excluding steroid dienone is 1. The third-order valence-corrected chi connectivity index (χ3v) is 6.07. The summed E-state index contributed by atoms with van der Waals surface area (Å²) in [4.78, 5) is 42.5. The van der Waals surface area contributed by atoms with Crippen molar-refractivity contribution in [3.63, 3.8) is 0 Å². The van der Waals surface area contributed by atoms with E-state index in [0.717, 1.165) is 0 Å². The molecule has 170 valence electrons. The number of thioether (sulfide) groups is 1. The molecule has 1 amide bonds. The minimum atomic E-state index is -0.732. The number of furan rings is 1. The summed E-state index contributed by atoms with van der Waals surface area (Å²) in [6.07, 6.45) is 1.55. The van der Waals surface area contributed by atoms with Crippen LogP contribution >= 0.6 is 11.8 Å². The number of rotatable bonds is 7. The Hall–Kier alpha value is -3.86. The van der Waals surface area contributed by atoms with Crippen LogP contribution in [0.1, 0.15) is 30.7 Å². The third kappa shape index (κ3) is 4.53. The van der Waals surface area contributed by atoms with Crippen LogP contribution in [-0.4, -0.2) is 34.0 Å². The van der Waals surface area contributed by atoms with Crippen molar-refractivity contribution in [2.45, 2.75) is 25.9 Å². The molecule has 0 bridgehead atoms. The number of methoxy groups -OCH3 is 1. The molecule has 2 aromatic rings. The molecule has 1 atom stereocenters. The highest BCUT2D eigenvalue weighted by molar-refractivity contribution is 8.16. The van der Waals surface area contributed by atoms with Crippen LogP contribution in [0.5, 0.6) is 0 Å². The summed E-state index contributed by atoms with van der Waals surface area (Å²) in [6, 6.07) is 8.83. The molecular weight excluding hydrogens is 448 g/mol. The van der Waals surface area contributed by atoms with Gasteiger partial charge in [0.1, 0.15) is 5.76 Å². The molecule has 0 radical (unpaired) electrons. The summed E-state index contributed by atoms with van der Waals surface area (Å²) >= 11 is 1.32. The summed E-state index contributed by atoms with van der Waals surface area (Å²) in [5.74, 6) is -0.215. The van der Waals surface area contributed by atoms with Gasteiger partial charge in [0.15, 0.2) is 5.17 Å². The Kier molecular flexibility index (Phi) is 6.31. The maximum Gasteiger partial charge on any atom is 0.338 e. The fourth-order valence-electron chi connectivity index (χ4n) is 3.69. The van der Waals surface area contributed by atoms with Gasteiger partial charge in [-0.2, -0.15) is 0 Å². The lowest BCUT2D eigenvalue weighted by molar-refractivity contribution is -0.384. The number of carbonyl (C=O) groups excluding carboxylic acids is 2. The molecule has 1 aromatic carbocycles. The molecule has 1 N–H and O–H groups in total. The van der Waals surface area contributed by atoms with E-state index in [9.17, 15) is 19.7 Å². The van der Waals surface area contributed by atoms with Crippen molar-refractivity contribution in [3.05, 3.63) is 86.5 Å². The fraction of sp³-hybridized carbons (Fsp3) is 0.227. The highest BCUT2D eigenvalue weighted by Gasteiger charge is 2.41. The van der Waals surface area contributed by atoms with Crippen LogP contribution in [0.15, 0.2) is 74.4 Å². The number of aliphatic imine (C=N–C) groups is 1. The van der Waals surface area contributed by atoms with Crippen molar-refractivity contribution in [1.29, 1.82) is 0 Å². The monoisotopic (exact) mass is 468 g/mol. The van der Waals surface area contributed by atoms with Gasteiger partial charge in [0, 0.05) is 17.8 Å². The van der Waals surface area contributed by atoms with Gasteiger partial charge in [0.2, 0.25) is 5.91 Å². The lowest BCUT2D eigenvalue weighted by Crippen LogP contribution is -2.37. The molecule has 4 rings (SSSR count). The smallest absolute Gasteiger partial charge is 0.338 e. The van der Waals surface area contributed by atoms with Gasteiger partial charge in [-0.15, -0.1) is 0 Å². The summed E-state index contributed by atoms with van der Waals surface area (Å²) in [5, 5.41) is 16.5. The second-order valence-electron chi connectivity index (χ2n) is 7.27. The first-order valence-corrected chi connectivity index (χ1v) is 10.8. The van der Waals surface area contributed by atoms with Crippen LogP contribution in [0.3, 0.4) is 0 Å². The Morgan fingerprint density at radius 3 is 2.85 bits per heavy atom. The number of amidine groups is 1. The van der Waals surface area contributed by atoms with E-state index < -0.39 is 16.9 Å². The van der Waals surface area contributed by atoms with Gasteiger partial charge in [0.25, 0.3) is 5.69 Å². The molecule has 11 heteroatoms. The van der Waals surface area contributed by atoms with Gasteiger partial charge in [-0.1, -0.05) is 23.9 Å². The Bertz CT molecular complexity index is 1200. The van der Waals surface area contributed by atoms with Gasteiger partial charge in [-0.05, 0) is 30.0 Å². The van der Waals surface area contributed by atoms with Crippen LogP contribution in [0.2, 0.25) is 0 Å². The van der Waals surface area contributed by atoms with Crippen molar-refractivity contribution in [2.75, 3.05) is 7.11 Å². The van der Waals surface area contributed by atoms with E-state index in [1.165, 1.54) is 37.3 Å². The number of carbonyl (C=O) groups is 2. The fourth-order valence-corrected chi connectivity index (χ4v) is 4.65. The second-order valence-corrected chi connectivity index (χ2v) is 8.11. The minimum absolute atomic E-state index is 0.0195. The Morgan fingerprint density at radius 1 is 1.33 bits per heavy atom. The Balaban J connectivity index is 1.66. The zero-order chi connectivity index (χ0) is 23.5. The summed E-state index contributed by atoms with van der Waals surface area (Å²) in [5.41, 5.74) is 1.73. The van der Waals surface area contributed by atoms with E-state index in [2.05, 4.69) is 10.3 Å². The van der Waals surface area contributed by atoms with Crippen LogP contribution in [0, 0.1) is 10.1 Å². The molecule has 1 aromatic heterocycles. The van der Waals surface area contributed by atoms with Crippen LogP contribution < -0.4 is 5.32 Å². The lowest BCUT2D eigenvalue weighted by atomic mass is 9.93. The lowest BCUT2D eigenvalue weighted by Gasteiger charge is -2.36. The quantitative estimate of drug-likeness (QED) is 0.371. The van der Waals surface area contributed by atoms with Gasteiger partial charge >= 0.3 is 5.97 Å². The first-order chi connectivity index (χ1) is 15.9. The molecule has 33 heavy (non-hydrogen) atoms. The zero-order valence-corrected chi connectivity index (χ0v) is 18.6. The van der Waals surface area contributed by atoms with Crippen LogP contribution in [0.25, 0.3) is 0 Å². The van der Waals surface area contributed by atoms with Gasteiger partial charge in [-0.25, -0.2) is 9.79 Å². The molecule has 0 saturated heterocycles. The predicted molar refractivity (Wildman–Crippen MR) is 121 cm³/mol. The average Bonchev–Trinajstić information content (AvgIpc) is 3.46. The van der Waals surface area contributed by atoms with E-state index in [-0.39, 0.29) is 30.1 Å². The molecule has 0 aliphatic carbocycles. The molecule has 1 unspecified atom stereocenters. The molecule has 0 saturated carbocycles. The second kappa shape index (κ2) is 9.33. The van der Waals surface area contributed by atoms with Crippen molar-refractivity contribution in [3.8, 4) is 0 Å². The van der Waals surface area contributed by atoms with Crippen LogP contribution in [0.4, 0.5) is 5.69 Å². The maximum atomic E-state index is 12.7. The maximum absolute atomic E-state index is 12.7. The number of nitrogens with one attached hydrogen (secondary N) is 1. The van der Waals surface area contributed by atoms with E-state index in [0.29, 0.717) is 27.9 Å². The first kappa shape index (κ1) is 22.3. The highest BCUT2D eigenvalue weighted by Crippen LogP contribution is 2.45. The summed E-state index contributed by atoms with van der Waals surface area (Å²) in [6.45, 7) is 1.93. The number of non-ortho nitro benzene ring substituents is 1. The molecule has 10 nitrogen and oxygen atoms in total. The van der Waals surface area contributed by atoms with Crippen molar-refractivity contribution in [2.24, 2.45) is 4.99 Å². The van der Waals surface area contributed by atoms with Crippen LogP contribution in [-0.2, 0) is 20.9 Å². The predicted octanol–water partition coefficient (Wildman–Crippen LogP) is 3.64. The number of benzene rings is 1. The number of fused-ring (bicyclic) bond motifs is 1. The molecule has 3 heterocycles. The number of amides is 1. The topological polar surface area (TPSA) is 127 Å². The van der Waals surface area contributed by atoms with Crippen molar-refractivity contribution in [1.82, 2.24) is 10.2 Å². The largest absolute Gasteiger partial charge is 0.467 e. The zero-order valence-electron chi connectivity index (χ0n) is 17.8. The SMILES string of the molecule is COC(=O)C1=C(C)N=C2SC=C(CC(=O)NCc3ccco3)N2C1c1cccc([N+](=O)[O-])c1. The van der Waals surface area contributed by atoms with Gasteiger partial charge in [0.05, 0.1) is 48.6 Å². The number of ether oxygens (including phenoxy) is 1. The van der Waals surface area contributed by atoms with Crippen molar-refractivity contribution >= 4 is 34.5 Å². The van der Waals surface area contributed by atoms with Gasteiger partial charge < -0.3 is 19.4 Å². The van der Waals surface area contributed by atoms with Gasteiger partial charge in [-0.3, -0.25) is 14.9 Å². The summed E-state index contributed by atoms with van der Waals surface area (Å²) < 4.78 is 10.2. The van der Waals surface area contributed by atoms with E-state index in [4.69, 9.17) is 9.15 Å². The number of esters is 1. The Labute approximate surface area is 193 Å². The first-order valence-electron chi connectivity index (χ1n) is 9.95. The minimum Gasteiger partial charge on any atom is -0.467 e. The normalized spacial score (nSPS) is 17.3. The number of hydrogen-bond donors (Lipinski definition) is 1. The highest BCUT2D eigenvalue weighted by atomic mass is 32.2. The molecule has 0 fully saturated rings. The van der Waals surface area contributed by atoms with E-state index >= 15 is 0 Å². The number of hydrogen-bond acceptors (Lipinski definition) is 9. The molecule has 2 aliphatic heterocycles. The number of nitrogens with zero attached hydrogens (tertiary/aromatic N) is 3. The summed E-state index contributed by atoms with van der Waals surface area (Å²) in [7, 11) is 1.27. The standard InChI is InChI=1S/C22H20N4O6S/c1-13-19(21(28)31-2)20(14-5-3-6-15(9-14)26(29)30)25-16(12-33-22(25)24-13)10-18(27)23-11-17-7-4-8-32-17/h3-9,12,20H,10-11H2,1-2H3,(H,23,27). The molecule has 2 aliphatic rings. The average molecular weight is 468 g/mol. The number of nitro groups is 1. The third-order valence-electron chi connectivity index (χ3n) is 5.18. The van der Waals surface area contributed by atoms with Crippen molar-refractivity contribution < 1.29 is 23.7 Å². The van der Waals surface area contributed by atoms with E-state index in [1.807, 2.05) is 0 Å². The number of nitro benzene ring substituents is 1. The molecular formula is C22H20N4O6S. The van der Waals surface area contributed by atoms with E-state index in [1.54, 1.807) is 41.5 Å².